The van der Waals surface area contributed by atoms with Gasteiger partial charge >= 0.3 is 0 Å². The van der Waals surface area contributed by atoms with E-state index < -0.39 is 0 Å². The zero-order valence-electron chi connectivity index (χ0n) is 8.46. The van der Waals surface area contributed by atoms with Gasteiger partial charge in [-0.3, -0.25) is 0 Å². The van der Waals surface area contributed by atoms with E-state index in [1.165, 1.54) is 6.42 Å². The van der Waals surface area contributed by atoms with Crippen molar-refractivity contribution in [2.75, 3.05) is 0 Å². The molecular formula is C12H20. The summed E-state index contributed by atoms with van der Waals surface area (Å²) in [6.07, 6.45) is 3.00. The molecule has 0 nitrogen and oxygen atoms in total. The van der Waals surface area contributed by atoms with Crippen molar-refractivity contribution >= 4 is 0 Å². The average Bonchev–Trinajstić information content (AvgIpc) is 2.10. The molecule has 0 aliphatic carbocycles. The summed E-state index contributed by atoms with van der Waals surface area (Å²) in [5, 5.41) is 0. The van der Waals surface area contributed by atoms with Gasteiger partial charge in [0.1, 0.15) is 0 Å². The lowest BCUT2D eigenvalue weighted by Crippen LogP contribution is -1.47. The van der Waals surface area contributed by atoms with Gasteiger partial charge in [-0.05, 0) is 6.92 Å². The normalized spacial score (nSPS) is 6.58. The van der Waals surface area contributed by atoms with Crippen molar-refractivity contribution in [2.24, 2.45) is 0 Å². The first-order valence-corrected chi connectivity index (χ1v) is 4.40. The maximum atomic E-state index is 3.36. The molecule has 0 amide bonds. The molecule has 0 heteroatoms. The summed E-state index contributed by atoms with van der Waals surface area (Å²) >= 11 is 0. The van der Waals surface area contributed by atoms with Gasteiger partial charge in [0.15, 0.2) is 0 Å². The minimum absolute atomic E-state index is 1.25. The van der Waals surface area contributed by atoms with E-state index in [0.717, 1.165) is 0 Å². The van der Waals surface area contributed by atoms with Crippen molar-refractivity contribution in [3.8, 4) is 0 Å². The molecule has 0 saturated carbocycles. The van der Waals surface area contributed by atoms with Crippen LogP contribution in [0, 0.1) is 0 Å². The molecular weight excluding hydrogens is 144 g/mol. The predicted molar refractivity (Wildman–Crippen MR) is 58.3 cm³/mol. The molecule has 0 unspecified atom stereocenters. The van der Waals surface area contributed by atoms with Gasteiger partial charge in [0.2, 0.25) is 0 Å². The van der Waals surface area contributed by atoms with Crippen molar-refractivity contribution in [3.63, 3.8) is 0 Å². The van der Waals surface area contributed by atoms with Gasteiger partial charge in [-0.2, -0.15) is 0 Å². The monoisotopic (exact) mass is 164 g/mol. The molecule has 12 heavy (non-hydrogen) atoms. The quantitative estimate of drug-likeness (QED) is 0.502. The van der Waals surface area contributed by atoms with Crippen LogP contribution >= 0.6 is 0 Å². The van der Waals surface area contributed by atoms with Crippen LogP contribution in [0.3, 0.4) is 0 Å². The largest absolute Gasteiger partial charge is 0.103 e. The summed E-state index contributed by atoms with van der Waals surface area (Å²) in [7, 11) is 0. The molecule has 0 bridgehead atoms. The van der Waals surface area contributed by atoms with Crippen LogP contribution in [0.25, 0.3) is 0 Å². The Bertz CT molecular complexity index is 115. The van der Waals surface area contributed by atoms with Crippen LogP contribution in [-0.4, -0.2) is 0 Å². The van der Waals surface area contributed by atoms with Crippen LogP contribution < -0.4 is 0 Å². The Kier molecular flexibility index (Phi) is 18.6. The second kappa shape index (κ2) is 16.5. The first kappa shape index (κ1) is 13.5. The van der Waals surface area contributed by atoms with Gasteiger partial charge in [0.05, 0.1) is 0 Å². The Morgan fingerprint density at radius 3 is 1.08 bits per heavy atom. The molecule has 0 fully saturated rings. The fraction of sp³-hybridized carbons (Fsp3) is 0.333. The van der Waals surface area contributed by atoms with E-state index in [1.807, 2.05) is 43.3 Å². The van der Waals surface area contributed by atoms with E-state index in [9.17, 15) is 0 Å². The Morgan fingerprint density at radius 1 is 0.917 bits per heavy atom. The van der Waals surface area contributed by atoms with Crippen LogP contribution in [0.2, 0.25) is 0 Å². The van der Waals surface area contributed by atoms with Crippen molar-refractivity contribution in [1.82, 2.24) is 0 Å². The van der Waals surface area contributed by atoms with E-state index >= 15 is 0 Å². The number of hydrogen-bond donors (Lipinski definition) is 0. The fourth-order valence-corrected chi connectivity index (χ4v) is 0.385. The summed E-state index contributed by atoms with van der Waals surface area (Å²) in [6, 6.07) is 12.0. The standard InChI is InChI=1S/C6H6.C3H8.C3H6/c1-2-4-6-5-3-1;2*1-3-2/h1-6H;3H2,1-2H3;3H,1H2,2H3. The maximum absolute atomic E-state index is 3.36. The summed E-state index contributed by atoms with van der Waals surface area (Å²) < 4.78 is 0. The van der Waals surface area contributed by atoms with Gasteiger partial charge in [-0.25, -0.2) is 0 Å². The number of rotatable bonds is 0. The van der Waals surface area contributed by atoms with Gasteiger partial charge in [0, 0.05) is 0 Å². The van der Waals surface area contributed by atoms with Crippen LogP contribution in [0.15, 0.2) is 49.1 Å². The molecule has 0 N–H and O–H groups in total. The molecule has 0 atom stereocenters. The second-order valence-electron chi connectivity index (χ2n) is 2.27. The highest BCUT2D eigenvalue weighted by Gasteiger charge is 1.57. The zero-order chi connectivity index (χ0) is 9.66. The molecule has 0 spiro atoms. The van der Waals surface area contributed by atoms with Crippen molar-refractivity contribution < 1.29 is 0 Å². The van der Waals surface area contributed by atoms with E-state index in [4.69, 9.17) is 0 Å². The van der Waals surface area contributed by atoms with Crippen LogP contribution in [0.1, 0.15) is 27.2 Å². The van der Waals surface area contributed by atoms with E-state index in [1.54, 1.807) is 6.08 Å². The highest BCUT2D eigenvalue weighted by molar-refractivity contribution is 4.99. The number of benzene rings is 1. The number of allylic oxidation sites excluding steroid dienone is 1. The van der Waals surface area contributed by atoms with E-state index in [0.29, 0.717) is 0 Å². The molecule has 0 aromatic heterocycles. The average molecular weight is 164 g/mol. The fourth-order valence-electron chi connectivity index (χ4n) is 0.385. The van der Waals surface area contributed by atoms with Gasteiger partial charge in [-0.15, -0.1) is 6.58 Å². The Morgan fingerprint density at radius 2 is 1.00 bits per heavy atom. The molecule has 0 heterocycles. The Balaban J connectivity index is 0. The Labute approximate surface area is 76.9 Å². The predicted octanol–water partition coefficient (Wildman–Crippen LogP) is 4.30. The third kappa shape index (κ3) is 23.1. The number of hydrogen-bond acceptors (Lipinski definition) is 0. The van der Waals surface area contributed by atoms with E-state index in [-0.39, 0.29) is 0 Å². The first-order valence-electron chi connectivity index (χ1n) is 4.40. The second-order valence-corrected chi connectivity index (χ2v) is 2.27. The molecule has 1 aromatic rings. The van der Waals surface area contributed by atoms with Crippen LogP contribution in [0.5, 0.6) is 0 Å². The summed E-state index contributed by atoms with van der Waals surface area (Å²) in [6.45, 7) is 9.50. The molecule has 1 aromatic carbocycles. The van der Waals surface area contributed by atoms with Gasteiger partial charge < -0.3 is 0 Å². The van der Waals surface area contributed by atoms with E-state index in [2.05, 4.69) is 20.4 Å². The molecule has 1 rings (SSSR count). The topological polar surface area (TPSA) is 0 Å². The van der Waals surface area contributed by atoms with Crippen LogP contribution in [-0.2, 0) is 0 Å². The summed E-state index contributed by atoms with van der Waals surface area (Å²) in [5.74, 6) is 0. The third-order valence-corrected chi connectivity index (χ3v) is 0.667. The van der Waals surface area contributed by atoms with Crippen molar-refractivity contribution in [1.29, 1.82) is 0 Å². The minimum atomic E-state index is 1.25. The Hall–Kier alpha value is -1.04. The molecule has 68 valence electrons. The van der Waals surface area contributed by atoms with Gasteiger partial charge in [0.25, 0.3) is 0 Å². The zero-order valence-corrected chi connectivity index (χ0v) is 8.46. The molecule has 0 aliphatic heterocycles. The van der Waals surface area contributed by atoms with Crippen molar-refractivity contribution in [2.45, 2.75) is 27.2 Å². The van der Waals surface area contributed by atoms with Gasteiger partial charge in [-0.1, -0.05) is 62.7 Å². The lowest BCUT2D eigenvalue weighted by atomic mass is 10.4. The molecule has 0 radical (unpaired) electrons. The first-order chi connectivity index (χ1) is 5.83. The highest BCUT2D eigenvalue weighted by Crippen LogP contribution is 1.79. The third-order valence-electron chi connectivity index (χ3n) is 0.667. The summed E-state index contributed by atoms with van der Waals surface area (Å²) in [4.78, 5) is 0. The summed E-state index contributed by atoms with van der Waals surface area (Å²) in [5.41, 5.74) is 0. The smallest absolute Gasteiger partial charge is 0.0473 e. The highest BCUT2D eigenvalue weighted by atomic mass is 13.6. The lowest BCUT2D eigenvalue weighted by Gasteiger charge is -1.69. The lowest BCUT2D eigenvalue weighted by molar-refractivity contribution is 1.09. The molecule has 0 saturated heterocycles. The minimum Gasteiger partial charge on any atom is -0.103 e. The molecule has 0 aliphatic rings. The van der Waals surface area contributed by atoms with Crippen molar-refractivity contribution in [3.05, 3.63) is 49.1 Å². The maximum Gasteiger partial charge on any atom is -0.0473 e. The SMILES string of the molecule is C=CC.CCC.c1ccccc1. The van der Waals surface area contributed by atoms with Crippen LogP contribution in [0.4, 0.5) is 0 Å².